The Hall–Kier alpha value is -1.63. The molecule has 24 heavy (non-hydrogen) atoms. The Kier molecular flexibility index (Phi) is 6.60. The van der Waals surface area contributed by atoms with Gasteiger partial charge >= 0.3 is 0 Å². The standard InChI is InChI=1S/C17H24ClN3O3/c1-11(2)16(19)17(23)20-9-15(22)21-7-8-24-14(10-21)12-3-5-13(18)6-4-12/h3-6,11,14,16H,7-10,19H2,1-2H3,(H,20,23)/t14?,16-/m0/s1. The maximum Gasteiger partial charge on any atom is 0.242 e. The van der Waals surface area contributed by atoms with E-state index in [2.05, 4.69) is 5.32 Å². The third-order valence-electron chi connectivity index (χ3n) is 4.10. The number of benzene rings is 1. The molecule has 1 saturated heterocycles. The highest BCUT2D eigenvalue weighted by Crippen LogP contribution is 2.23. The van der Waals surface area contributed by atoms with Gasteiger partial charge in [0.1, 0.15) is 6.10 Å². The van der Waals surface area contributed by atoms with E-state index >= 15 is 0 Å². The Morgan fingerprint density at radius 1 is 1.38 bits per heavy atom. The lowest BCUT2D eigenvalue weighted by atomic mass is 10.1. The molecule has 1 aliphatic heterocycles. The third-order valence-corrected chi connectivity index (χ3v) is 4.35. The number of rotatable bonds is 5. The lowest BCUT2D eigenvalue weighted by Gasteiger charge is -2.33. The fourth-order valence-electron chi connectivity index (χ4n) is 2.45. The number of ether oxygens (including phenoxy) is 1. The van der Waals surface area contributed by atoms with Crippen molar-refractivity contribution >= 4 is 23.4 Å². The number of halogens is 1. The minimum Gasteiger partial charge on any atom is -0.370 e. The Labute approximate surface area is 147 Å². The van der Waals surface area contributed by atoms with Gasteiger partial charge in [-0.3, -0.25) is 9.59 Å². The molecule has 2 atom stereocenters. The van der Waals surface area contributed by atoms with Gasteiger partial charge in [0.05, 0.1) is 25.7 Å². The van der Waals surface area contributed by atoms with Crippen molar-refractivity contribution in [3.8, 4) is 0 Å². The lowest BCUT2D eigenvalue weighted by molar-refractivity contribution is -0.139. The topological polar surface area (TPSA) is 84.7 Å². The highest BCUT2D eigenvalue weighted by Gasteiger charge is 2.26. The van der Waals surface area contributed by atoms with E-state index in [4.69, 9.17) is 22.1 Å². The van der Waals surface area contributed by atoms with E-state index in [-0.39, 0.29) is 30.4 Å². The van der Waals surface area contributed by atoms with Crippen LogP contribution >= 0.6 is 11.6 Å². The summed E-state index contributed by atoms with van der Waals surface area (Å²) in [5.41, 5.74) is 6.74. The lowest BCUT2D eigenvalue weighted by Crippen LogP contribution is -2.50. The van der Waals surface area contributed by atoms with Crippen LogP contribution in [-0.2, 0) is 14.3 Å². The van der Waals surface area contributed by atoms with Crippen LogP contribution in [0.2, 0.25) is 5.02 Å². The summed E-state index contributed by atoms with van der Waals surface area (Å²) in [5.74, 6) is -0.416. The van der Waals surface area contributed by atoms with Gasteiger partial charge in [0, 0.05) is 11.6 Å². The molecule has 6 nitrogen and oxygen atoms in total. The second kappa shape index (κ2) is 8.46. The van der Waals surface area contributed by atoms with E-state index in [1.165, 1.54) is 0 Å². The van der Waals surface area contributed by atoms with Gasteiger partial charge in [0.15, 0.2) is 0 Å². The number of hydrogen-bond donors (Lipinski definition) is 2. The van der Waals surface area contributed by atoms with Crippen molar-refractivity contribution in [1.82, 2.24) is 10.2 Å². The highest BCUT2D eigenvalue weighted by molar-refractivity contribution is 6.30. The van der Waals surface area contributed by atoms with Crippen LogP contribution in [0.4, 0.5) is 0 Å². The minimum absolute atomic E-state index is 0.0257. The van der Waals surface area contributed by atoms with Crippen molar-refractivity contribution in [3.63, 3.8) is 0 Å². The van der Waals surface area contributed by atoms with E-state index in [9.17, 15) is 9.59 Å². The van der Waals surface area contributed by atoms with Crippen molar-refractivity contribution in [1.29, 1.82) is 0 Å². The average molecular weight is 354 g/mol. The number of nitrogens with one attached hydrogen (secondary N) is 1. The molecule has 0 radical (unpaired) electrons. The smallest absolute Gasteiger partial charge is 0.242 e. The molecule has 1 heterocycles. The van der Waals surface area contributed by atoms with E-state index in [1.54, 1.807) is 17.0 Å². The van der Waals surface area contributed by atoms with Gasteiger partial charge in [-0.2, -0.15) is 0 Å². The van der Waals surface area contributed by atoms with Crippen LogP contribution in [0.3, 0.4) is 0 Å². The van der Waals surface area contributed by atoms with Crippen LogP contribution in [0.5, 0.6) is 0 Å². The largest absolute Gasteiger partial charge is 0.370 e. The molecule has 1 aliphatic rings. The zero-order valence-corrected chi connectivity index (χ0v) is 14.8. The Morgan fingerprint density at radius 3 is 2.67 bits per heavy atom. The molecule has 132 valence electrons. The summed E-state index contributed by atoms with van der Waals surface area (Å²) in [7, 11) is 0. The number of amides is 2. The van der Waals surface area contributed by atoms with Crippen LogP contribution in [0.1, 0.15) is 25.5 Å². The monoisotopic (exact) mass is 353 g/mol. The van der Waals surface area contributed by atoms with Crippen LogP contribution in [0.15, 0.2) is 24.3 Å². The van der Waals surface area contributed by atoms with Crippen molar-refractivity contribution in [2.24, 2.45) is 11.7 Å². The molecular formula is C17H24ClN3O3. The molecule has 0 spiro atoms. The molecule has 1 fully saturated rings. The zero-order chi connectivity index (χ0) is 17.7. The molecule has 1 aromatic carbocycles. The first-order chi connectivity index (χ1) is 11.4. The molecular weight excluding hydrogens is 330 g/mol. The van der Waals surface area contributed by atoms with Crippen molar-refractivity contribution in [3.05, 3.63) is 34.9 Å². The number of morpholine rings is 1. The van der Waals surface area contributed by atoms with E-state index < -0.39 is 6.04 Å². The summed E-state index contributed by atoms with van der Waals surface area (Å²) >= 11 is 5.89. The van der Waals surface area contributed by atoms with Gasteiger partial charge < -0.3 is 20.7 Å². The average Bonchev–Trinajstić information content (AvgIpc) is 2.59. The minimum atomic E-state index is -0.607. The summed E-state index contributed by atoms with van der Waals surface area (Å²) in [4.78, 5) is 25.9. The number of carbonyl (C=O) groups is 2. The van der Waals surface area contributed by atoms with Crippen LogP contribution in [0, 0.1) is 5.92 Å². The quantitative estimate of drug-likeness (QED) is 0.836. The van der Waals surface area contributed by atoms with Gasteiger partial charge in [-0.25, -0.2) is 0 Å². The molecule has 0 aliphatic carbocycles. The van der Waals surface area contributed by atoms with Gasteiger partial charge in [-0.15, -0.1) is 0 Å². The summed E-state index contributed by atoms with van der Waals surface area (Å²) in [6.07, 6.45) is -0.186. The molecule has 2 amide bonds. The highest BCUT2D eigenvalue weighted by atomic mass is 35.5. The molecule has 2 rings (SSSR count). The normalized spacial score (nSPS) is 19.2. The van der Waals surface area contributed by atoms with Crippen LogP contribution in [-0.4, -0.2) is 49.0 Å². The van der Waals surface area contributed by atoms with E-state index in [1.807, 2.05) is 26.0 Å². The number of nitrogens with two attached hydrogens (primary N) is 1. The zero-order valence-electron chi connectivity index (χ0n) is 14.0. The van der Waals surface area contributed by atoms with E-state index in [0.29, 0.717) is 24.7 Å². The first-order valence-electron chi connectivity index (χ1n) is 8.06. The second-order valence-corrected chi connectivity index (χ2v) is 6.67. The number of carbonyl (C=O) groups excluding carboxylic acids is 2. The van der Waals surface area contributed by atoms with E-state index in [0.717, 1.165) is 5.56 Å². The summed E-state index contributed by atoms with van der Waals surface area (Å²) < 4.78 is 5.74. The number of nitrogens with zero attached hydrogens (tertiary/aromatic N) is 1. The molecule has 0 bridgehead atoms. The summed E-state index contributed by atoms with van der Waals surface area (Å²) in [6.45, 7) is 5.10. The van der Waals surface area contributed by atoms with Gasteiger partial charge in [0.25, 0.3) is 0 Å². The first kappa shape index (κ1) is 18.7. The molecule has 1 aromatic rings. The molecule has 0 saturated carbocycles. The fraction of sp³-hybridized carbons (Fsp3) is 0.529. The predicted octanol–water partition coefficient (Wildman–Crippen LogP) is 1.34. The van der Waals surface area contributed by atoms with Gasteiger partial charge in [-0.1, -0.05) is 37.6 Å². The fourth-order valence-corrected chi connectivity index (χ4v) is 2.58. The second-order valence-electron chi connectivity index (χ2n) is 6.24. The molecule has 1 unspecified atom stereocenters. The Bertz CT molecular complexity index is 577. The third kappa shape index (κ3) is 4.93. The maximum absolute atomic E-state index is 12.3. The van der Waals surface area contributed by atoms with Gasteiger partial charge in [0.2, 0.25) is 11.8 Å². The van der Waals surface area contributed by atoms with Gasteiger partial charge in [-0.05, 0) is 23.6 Å². The maximum atomic E-state index is 12.3. The van der Waals surface area contributed by atoms with Crippen LogP contribution < -0.4 is 11.1 Å². The van der Waals surface area contributed by atoms with Crippen molar-refractivity contribution < 1.29 is 14.3 Å². The molecule has 0 aromatic heterocycles. The Balaban J connectivity index is 1.88. The summed E-state index contributed by atoms with van der Waals surface area (Å²) in [6, 6.07) is 6.78. The predicted molar refractivity (Wildman–Crippen MR) is 92.5 cm³/mol. The Morgan fingerprint density at radius 2 is 2.04 bits per heavy atom. The van der Waals surface area contributed by atoms with Crippen molar-refractivity contribution in [2.45, 2.75) is 26.0 Å². The van der Waals surface area contributed by atoms with Crippen molar-refractivity contribution in [2.75, 3.05) is 26.2 Å². The first-order valence-corrected chi connectivity index (χ1v) is 8.44. The summed E-state index contributed by atoms with van der Waals surface area (Å²) in [5, 5.41) is 3.27. The number of hydrogen-bond acceptors (Lipinski definition) is 4. The molecule has 7 heteroatoms. The van der Waals surface area contributed by atoms with Crippen LogP contribution in [0.25, 0.3) is 0 Å². The molecule has 3 N–H and O–H groups in total. The SMILES string of the molecule is CC(C)[C@H](N)C(=O)NCC(=O)N1CCOC(c2ccc(Cl)cc2)C1.